The van der Waals surface area contributed by atoms with Gasteiger partial charge in [-0.3, -0.25) is 14.6 Å². The minimum atomic E-state index is -4.64. The van der Waals surface area contributed by atoms with Crippen LogP contribution in [0.25, 0.3) is 22.4 Å². The number of carbonyl (C=O) groups excluding carboxylic acids is 2. The lowest BCUT2D eigenvalue weighted by atomic mass is 9.95. The molecule has 2 amide bonds. The Bertz CT molecular complexity index is 1940. The van der Waals surface area contributed by atoms with Crippen molar-refractivity contribution < 1.29 is 27.5 Å². The topological polar surface area (TPSA) is 125 Å². The molecule has 3 aromatic heterocycles. The fourth-order valence-corrected chi connectivity index (χ4v) is 5.66. The fourth-order valence-electron chi connectivity index (χ4n) is 5.66. The number of anilines is 2. The van der Waals surface area contributed by atoms with Crippen molar-refractivity contribution in [2.24, 2.45) is 5.92 Å². The third kappa shape index (κ3) is 7.24. The molecule has 3 N–H and O–H groups in total. The van der Waals surface area contributed by atoms with Gasteiger partial charge in [-0.2, -0.15) is 18.2 Å². The van der Waals surface area contributed by atoms with E-state index in [0.29, 0.717) is 61.5 Å². The van der Waals surface area contributed by atoms with Gasteiger partial charge in [-0.25, -0.2) is 4.98 Å². The molecule has 1 aliphatic heterocycles. The number of hydrogen-bond donors (Lipinski definition) is 3. The fraction of sp³-hybridized carbons (Fsp3) is 0.286. The average Bonchev–Trinajstić information content (AvgIpc) is 3.58. The number of aryl methyl sites for hydroxylation is 1. The van der Waals surface area contributed by atoms with Gasteiger partial charge in [0, 0.05) is 67.1 Å². The highest BCUT2D eigenvalue weighted by Gasteiger charge is 2.36. The van der Waals surface area contributed by atoms with Crippen LogP contribution in [0.2, 0.25) is 0 Å². The summed E-state index contributed by atoms with van der Waals surface area (Å²) in [5.74, 6) is 0.600. The molecule has 0 spiro atoms. The number of nitrogens with one attached hydrogen (secondary N) is 3. The highest BCUT2D eigenvalue weighted by atomic mass is 19.4. The number of halogens is 3. The molecule has 4 heterocycles. The molecule has 1 fully saturated rings. The SMILES string of the molecule is CCC(=O)NCC1CCN(c2ccc(NC(=O)c3ccc(C)c(Oc4nc(-c5ccncc5)nc5cc[nH]c45)c3)cc2C(F)(F)F)CC1. The number of pyridine rings is 1. The lowest BCUT2D eigenvalue weighted by Gasteiger charge is -2.35. The van der Waals surface area contributed by atoms with Gasteiger partial charge in [0.1, 0.15) is 11.3 Å². The summed E-state index contributed by atoms with van der Waals surface area (Å²) in [7, 11) is 0. The summed E-state index contributed by atoms with van der Waals surface area (Å²) in [6.07, 6.45) is 2.07. The number of aromatic amines is 1. The Morgan fingerprint density at radius 3 is 2.52 bits per heavy atom. The highest BCUT2D eigenvalue weighted by Crippen LogP contribution is 2.40. The van der Waals surface area contributed by atoms with Crippen molar-refractivity contribution in [2.45, 2.75) is 39.3 Å². The quantitative estimate of drug-likeness (QED) is 0.154. The van der Waals surface area contributed by atoms with E-state index in [1.807, 2.05) is 6.92 Å². The van der Waals surface area contributed by atoms with E-state index in [1.165, 1.54) is 18.2 Å². The molecule has 0 saturated carbocycles. The van der Waals surface area contributed by atoms with Gasteiger partial charge in [0.25, 0.3) is 5.91 Å². The zero-order valence-electron chi connectivity index (χ0n) is 26.4. The van der Waals surface area contributed by atoms with Gasteiger partial charge in [0.05, 0.1) is 11.1 Å². The van der Waals surface area contributed by atoms with Gasteiger partial charge >= 0.3 is 6.18 Å². The van der Waals surface area contributed by atoms with Crippen LogP contribution in [0.1, 0.15) is 47.7 Å². The normalized spacial score (nSPS) is 13.8. The summed E-state index contributed by atoms with van der Waals surface area (Å²) >= 11 is 0. The van der Waals surface area contributed by atoms with Crippen molar-refractivity contribution >= 4 is 34.2 Å². The summed E-state index contributed by atoms with van der Waals surface area (Å²) < 4.78 is 49.1. The Hall–Kier alpha value is -5.46. The molecule has 0 bridgehead atoms. The number of aromatic nitrogens is 4. The zero-order valence-corrected chi connectivity index (χ0v) is 26.4. The molecule has 10 nitrogen and oxygen atoms in total. The Kier molecular flexibility index (Phi) is 9.28. The van der Waals surface area contributed by atoms with E-state index in [9.17, 15) is 22.8 Å². The van der Waals surface area contributed by atoms with E-state index >= 15 is 0 Å². The zero-order chi connectivity index (χ0) is 33.8. The Labute approximate surface area is 274 Å². The molecule has 5 aromatic rings. The van der Waals surface area contributed by atoms with Gasteiger partial charge in [-0.15, -0.1) is 0 Å². The van der Waals surface area contributed by atoms with Crippen LogP contribution in [-0.4, -0.2) is 51.4 Å². The molecule has 0 radical (unpaired) electrons. The van der Waals surface area contributed by atoms with Gasteiger partial charge in [0.2, 0.25) is 11.8 Å². The van der Waals surface area contributed by atoms with Crippen LogP contribution >= 0.6 is 0 Å². The minimum absolute atomic E-state index is 0.0159. The summed E-state index contributed by atoms with van der Waals surface area (Å²) in [4.78, 5) is 43.0. The number of rotatable bonds is 9. The molecule has 6 rings (SSSR count). The largest absolute Gasteiger partial charge is 0.437 e. The van der Waals surface area contributed by atoms with E-state index in [4.69, 9.17) is 4.74 Å². The van der Waals surface area contributed by atoms with Crippen molar-refractivity contribution in [3.05, 3.63) is 89.9 Å². The van der Waals surface area contributed by atoms with E-state index in [1.54, 1.807) is 60.7 Å². The number of piperidine rings is 1. The second kappa shape index (κ2) is 13.7. The number of ether oxygens (including phenoxy) is 1. The van der Waals surface area contributed by atoms with Gasteiger partial charge < -0.3 is 25.3 Å². The number of carbonyl (C=O) groups is 2. The average molecular weight is 658 g/mol. The molecule has 48 heavy (non-hydrogen) atoms. The third-order valence-electron chi connectivity index (χ3n) is 8.39. The van der Waals surface area contributed by atoms with Crippen molar-refractivity contribution in [1.29, 1.82) is 0 Å². The number of nitrogens with zero attached hydrogens (tertiary/aromatic N) is 4. The number of hydrogen-bond acceptors (Lipinski definition) is 7. The predicted octanol–water partition coefficient (Wildman–Crippen LogP) is 7.13. The van der Waals surface area contributed by atoms with E-state index < -0.39 is 17.6 Å². The Balaban J connectivity index is 1.19. The standard InChI is InChI=1S/C35H34F3N7O3/c1-3-30(46)41-20-22-11-16-45(17-12-22)28-7-6-25(19-26(28)35(36,37)38)42-33(47)24-5-4-21(2)29(18-24)48-34-31-27(10-15-40-31)43-32(44-34)23-8-13-39-14-9-23/h4-10,13-15,18-19,22,40H,3,11-12,16-17,20H2,1-2H3,(H,41,46)(H,42,47). The molecular formula is C35H34F3N7O3. The maximum atomic E-state index is 14.3. The number of benzene rings is 2. The van der Waals surface area contributed by atoms with Crippen LogP contribution in [-0.2, 0) is 11.0 Å². The maximum Gasteiger partial charge on any atom is 0.418 e. The molecule has 0 unspecified atom stereocenters. The molecule has 2 aromatic carbocycles. The van der Waals surface area contributed by atoms with Crippen LogP contribution in [0, 0.1) is 12.8 Å². The van der Waals surface area contributed by atoms with Crippen molar-refractivity contribution in [3.63, 3.8) is 0 Å². The van der Waals surface area contributed by atoms with Crippen LogP contribution in [0.15, 0.2) is 73.2 Å². The second-order valence-electron chi connectivity index (χ2n) is 11.7. The third-order valence-corrected chi connectivity index (χ3v) is 8.39. The molecular weight excluding hydrogens is 623 g/mol. The van der Waals surface area contributed by atoms with Gasteiger partial charge in [-0.1, -0.05) is 13.0 Å². The van der Waals surface area contributed by atoms with E-state index in [0.717, 1.165) is 17.2 Å². The Morgan fingerprint density at radius 2 is 1.79 bits per heavy atom. The van der Waals surface area contributed by atoms with Crippen LogP contribution < -0.4 is 20.3 Å². The number of amides is 2. The second-order valence-corrected chi connectivity index (χ2v) is 11.7. The van der Waals surface area contributed by atoms with Crippen LogP contribution in [0.5, 0.6) is 11.6 Å². The molecule has 0 atom stereocenters. The highest BCUT2D eigenvalue weighted by molar-refractivity contribution is 6.04. The lowest BCUT2D eigenvalue weighted by molar-refractivity contribution is -0.137. The van der Waals surface area contributed by atoms with Crippen LogP contribution in [0.3, 0.4) is 0 Å². The molecule has 248 valence electrons. The first-order valence-electron chi connectivity index (χ1n) is 15.7. The van der Waals surface area contributed by atoms with Gasteiger partial charge in [-0.05, 0) is 79.8 Å². The molecule has 1 aliphatic rings. The molecule has 0 aliphatic carbocycles. The van der Waals surface area contributed by atoms with Crippen LogP contribution in [0.4, 0.5) is 24.5 Å². The summed E-state index contributed by atoms with van der Waals surface area (Å²) in [5, 5.41) is 5.49. The first kappa shape index (κ1) is 32.5. The summed E-state index contributed by atoms with van der Waals surface area (Å²) in [5.41, 5.74) is 2.11. The van der Waals surface area contributed by atoms with Crippen molar-refractivity contribution in [3.8, 4) is 23.0 Å². The lowest BCUT2D eigenvalue weighted by Crippen LogP contribution is -2.39. The maximum absolute atomic E-state index is 14.3. The predicted molar refractivity (Wildman–Crippen MR) is 176 cm³/mol. The summed E-state index contributed by atoms with van der Waals surface area (Å²) in [6, 6.07) is 14.0. The Morgan fingerprint density at radius 1 is 1.02 bits per heavy atom. The van der Waals surface area contributed by atoms with E-state index in [2.05, 4.69) is 30.6 Å². The number of alkyl halides is 3. The first-order valence-corrected chi connectivity index (χ1v) is 15.7. The molecule has 1 saturated heterocycles. The minimum Gasteiger partial charge on any atom is -0.437 e. The van der Waals surface area contributed by atoms with Gasteiger partial charge in [0.15, 0.2) is 5.82 Å². The number of fused-ring (bicyclic) bond motifs is 1. The van der Waals surface area contributed by atoms with E-state index in [-0.39, 0.29) is 34.6 Å². The number of H-pyrrole nitrogens is 1. The monoisotopic (exact) mass is 657 g/mol. The first-order chi connectivity index (χ1) is 23.1. The van der Waals surface area contributed by atoms with Crippen molar-refractivity contribution in [2.75, 3.05) is 29.9 Å². The summed E-state index contributed by atoms with van der Waals surface area (Å²) in [6.45, 7) is 4.96. The van der Waals surface area contributed by atoms with Crippen molar-refractivity contribution in [1.82, 2.24) is 25.3 Å². The smallest absolute Gasteiger partial charge is 0.418 e. The molecule has 13 heteroatoms.